The molecule has 0 aliphatic heterocycles. The molecular formula is C43H52F2N6O5S2. The standard InChI is InChI=1S/C24H30FN3O3S.C19H22FN3O2S/c1-15(2)11-22(29)27-17-7-9-18(10-8-17)28-23(30)21-12-16(25)14-26-24(21)31-19-5-4-6-20(13-19)32-3;1-26-16-4-2-3-15(10-16)25-19-17(9-12(20)11-22-19)18(24)23-14-7-5-13(21)6-8-14/h4-6,12-15,17-18H,7-11H2,1-3H3,(H,27,29)(H,28,30);2-4,9-11,13-14H,5-8,21H2,1H3,(H,23,24). The molecule has 4 aromatic rings. The van der Waals surface area contributed by atoms with Gasteiger partial charge in [0.05, 0.1) is 12.4 Å². The van der Waals surface area contributed by atoms with Gasteiger partial charge in [-0.25, -0.2) is 18.7 Å². The summed E-state index contributed by atoms with van der Waals surface area (Å²) in [5.74, 6) is -0.338. The minimum absolute atomic E-state index is 0.0400. The van der Waals surface area contributed by atoms with Crippen molar-refractivity contribution in [3.8, 4) is 23.3 Å². The van der Waals surface area contributed by atoms with E-state index in [-0.39, 0.29) is 58.9 Å². The number of benzene rings is 2. The molecule has 2 fully saturated rings. The zero-order valence-electron chi connectivity index (χ0n) is 33.3. The average Bonchev–Trinajstić information content (AvgIpc) is 3.21. The smallest absolute Gasteiger partial charge is 0.257 e. The maximum Gasteiger partial charge on any atom is 0.257 e. The summed E-state index contributed by atoms with van der Waals surface area (Å²) in [6, 6.07) is 17.5. The monoisotopic (exact) mass is 834 g/mol. The van der Waals surface area contributed by atoms with Crippen LogP contribution in [0.4, 0.5) is 8.78 Å². The van der Waals surface area contributed by atoms with E-state index >= 15 is 0 Å². The van der Waals surface area contributed by atoms with Gasteiger partial charge in [-0.05, 0) is 118 Å². The van der Waals surface area contributed by atoms with Crippen molar-refractivity contribution < 1.29 is 32.6 Å². The predicted molar refractivity (Wildman–Crippen MR) is 224 cm³/mol. The number of carbonyl (C=O) groups is 3. The number of pyridine rings is 2. The molecule has 11 nitrogen and oxygen atoms in total. The van der Waals surface area contributed by atoms with Crippen LogP contribution in [0.2, 0.25) is 0 Å². The third-order valence-electron chi connectivity index (χ3n) is 9.76. The quantitative estimate of drug-likeness (QED) is 0.0962. The Morgan fingerprint density at radius 3 is 1.52 bits per heavy atom. The molecule has 2 aromatic carbocycles. The van der Waals surface area contributed by atoms with Crippen LogP contribution in [0.1, 0.15) is 92.4 Å². The summed E-state index contributed by atoms with van der Waals surface area (Å²) < 4.78 is 39.1. The Hall–Kier alpha value is -4.73. The van der Waals surface area contributed by atoms with Gasteiger partial charge in [0, 0.05) is 40.4 Å². The van der Waals surface area contributed by atoms with Crippen molar-refractivity contribution in [1.82, 2.24) is 25.9 Å². The van der Waals surface area contributed by atoms with Gasteiger partial charge in [-0.15, -0.1) is 23.5 Å². The van der Waals surface area contributed by atoms with E-state index in [2.05, 4.69) is 25.9 Å². The van der Waals surface area contributed by atoms with Gasteiger partial charge in [0.15, 0.2) is 0 Å². The number of thioether (sulfide) groups is 2. The van der Waals surface area contributed by atoms with E-state index in [0.29, 0.717) is 23.8 Å². The van der Waals surface area contributed by atoms with E-state index in [9.17, 15) is 23.2 Å². The maximum absolute atomic E-state index is 13.9. The highest BCUT2D eigenvalue weighted by molar-refractivity contribution is 7.98. The van der Waals surface area contributed by atoms with Crippen molar-refractivity contribution in [1.29, 1.82) is 0 Å². The molecule has 0 spiro atoms. The molecule has 0 atom stereocenters. The first-order chi connectivity index (χ1) is 27.9. The summed E-state index contributed by atoms with van der Waals surface area (Å²) in [4.78, 5) is 47.5. The molecule has 2 saturated carbocycles. The Morgan fingerprint density at radius 2 is 1.10 bits per heavy atom. The van der Waals surface area contributed by atoms with Crippen LogP contribution in [0.3, 0.4) is 0 Å². The summed E-state index contributed by atoms with van der Waals surface area (Å²) in [6.07, 6.45) is 13.0. The number of amides is 3. The first-order valence-electron chi connectivity index (χ1n) is 19.5. The van der Waals surface area contributed by atoms with Crippen molar-refractivity contribution in [2.45, 2.75) is 106 Å². The number of halogens is 2. The molecule has 2 aliphatic rings. The number of rotatable bonds is 13. The van der Waals surface area contributed by atoms with Crippen LogP contribution >= 0.6 is 23.5 Å². The van der Waals surface area contributed by atoms with Gasteiger partial charge in [0.25, 0.3) is 11.8 Å². The first-order valence-corrected chi connectivity index (χ1v) is 22.0. The molecule has 5 N–H and O–H groups in total. The van der Waals surface area contributed by atoms with Crippen LogP contribution in [0.5, 0.6) is 23.3 Å². The minimum Gasteiger partial charge on any atom is -0.438 e. The van der Waals surface area contributed by atoms with Crippen LogP contribution in [-0.2, 0) is 4.79 Å². The maximum atomic E-state index is 13.9. The molecule has 2 heterocycles. The highest BCUT2D eigenvalue weighted by Crippen LogP contribution is 2.30. The highest BCUT2D eigenvalue weighted by atomic mass is 32.2. The Kier molecular flexibility index (Phi) is 16.7. The highest BCUT2D eigenvalue weighted by Gasteiger charge is 2.26. The summed E-state index contributed by atoms with van der Waals surface area (Å²) in [5, 5.41) is 9.00. The number of hydrogen-bond acceptors (Lipinski definition) is 10. The second-order valence-electron chi connectivity index (χ2n) is 14.8. The fourth-order valence-electron chi connectivity index (χ4n) is 6.72. The zero-order chi connectivity index (χ0) is 41.6. The number of nitrogens with one attached hydrogen (secondary N) is 3. The van der Waals surface area contributed by atoms with E-state index in [0.717, 1.165) is 85.7 Å². The number of ether oxygens (including phenoxy) is 2. The van der Waals surface area contributed by atoms with Gasteiger partial charge in [-0.3, -0.25) is 14.4 Å². The largest absolute Gasteiger partial charge is 0.438 e. The molecule has 0 bridgehead atoms. The van der Waals surface area contributed by atoms with Crippen LogP contribution in [0.25, 0.3) is 0 Å². The van der Waals surface area contributed by atoms with Crippen molar-refractivity contribution in [3.63, 3.8) is 0 Å². The summed E-state index contributed by atoms with van der Waals surface area (Å²) >= 11 is 3.15. The fourth-order valence-corrected chi connectivity index (χ4v) is 7.62. The predicted octanol–water partition coefficient (Wildman–Crippen LogP) is 8.67. The third kappa shape index (κ3) is 13.7. The molecule has 2 aliphatic carbocycles. The number of aromatic nitrogens is 2. The molecule has 0 saturated heterocycles. The minimum atomic E-state index is -0.600. The Bertz CT molecular complexity index is 2010. The van der Waals surface area contributed by atoms with E-state index in [4.69, 9.17) is 15.2 Å². The number of hydrogen-bond donors (Lipinski definition) is 4. The van der Waals surface area contributed by atoms with E-state index in [1.807, 2.05) is 62.8 Å². The van der Waals surface area contributed by atoms with Gasteiger partial charge >= 0.3 is 0 Å². The topological polar surface area (TPSA) is 158 Å². The van der Waals surface area contributed by atoms with Crippen LogP contribution < -0.4 is 31.2 Å². The molecule has 310 valence electrons. The second-order valence-corrected chi connectivity index (χ2v) is 16.6. The van der Waals surface area contributed by atoms with Gasteiger partial charge in [0.2, 0.25) is 17.7 Å². The van der Waals surface area contributed by atoms with E-state index < -0.39 is 17.5 Å². The SMILES string of the molecule is CSc1cccc(Oc2ncc(F)cc2C(=O)NC2CCC(N)CC2)c1.CSc1cccc(Oc2ncc(F)cc2C(=O)NC2CCC(NC(=O)CC(C)C)CC2)c1. The van der Waals surface area contributed by atoms with E-state index in [1.54, 1.807) is 35.7 Å². The van der Waals surface area contributed by atoms with Crippen molar-refractivity contribution in [2.75, 3.05) is 12.5 Å². The number of carbonyl (C=O) groups excluding carboxylic acids is 3. The Labute approximate surface area is 347 Å². The fraction of sp³-hybridized carbons (Fsp3) is 0.419. The number of nitrogens with zero attached hydrogens (tertiary/aromatic N) is 2. The van der Waals surface area contributed by atoms with E-state index in [1.165, 1.54) is 0 Å². The van der Waals surface area contributed by atoms with Crippen molar-refractivity contribution in [2.24, 2.45) is 11.7 Å². The van der Waals surface area contributed by atoms with Crippen LogP contribution in [0.15, 0.2) is 82.8 Å². The van der Waals surface area contributed by atoms with Gasteiger partial charge in [-0.1, -0.05) is 26.0 Å². The van der Waals surface area contributed by atoms with Crippen LogP contribution in [0, 0.1) is 17.6 Å². The lowest BCUT2D eigenvalue weighted by Gasteiger charge is -2.30. The van der Waals surface area contributed by atoms with Crippen molar-refractivity contribution >= 4 is 41.2 Å². The number of nitrogens with two attached hydrogens (primary N) is 1. The summed E-state index contributed by atoms with van der Waals surface area (Å²) in [6.45, 7) is 4.04. The Balaban J connectivity index is 0.000000226. The van der Waals surface area contributed by atoms with Gasteiger partial charge in [0.1, 0.15) is 34.3 Å². The lowest BCUT2D eigenvalue weighted by molar-refractivity contribution is -0.122. The molecule has 2 aromatic heterocycles. The normalized spacial score (nSPS) is 19.0. The van der Waals surface area contributed by atoms with Crippen LogP contribution in [-0.4, -0.2) is 64.4 Å². The second kappa shape index (κ2) is 21.9. The third-order valence-corrected chi connectivity index (χ3v) is 11.2. The molecule has 58 heavy (non-hydrogen) atoms. The lowest BCUT2D eigenvalue weighted by Crippen LogP contribution is -2.44. The molecule has 0 radical (unpaired) electrons. The molecular weight excluding hydrogens is 783 g/mol. The molecule has 15 heteroatoms. The Morgan fingerprint density at radius 1 is 0.690 bits per heavy atom. The zero-order valence-corrected chi connectivity index (χ0v) is 34.9. The first kappa shape index (κ1) is 44.4. The average molecular weight is 835 g/mol. The molecule has 3 amide bonds. The van der Waals surface area contributed by atoms with Crippen molar-refractivity contribution in [3.05, 3.63) is 95.8 Å². The van der Waals surface area contributed by atoms with Gasteiger partial charge < -0.3 is 31.2 Å². The molecule has 6 rings (SSSR count). The summed E-state index contributed by atoms with van der Waals surface area (Å²) in [7, 11) is 0. The molecule has 0 unspecified atom stereocenters. The lowest BCUT2D eigenvalue weighted by atomic mass is 9.90. The summed E-state index contributed by atoms with van der Waals surface area (Å²) in [5.41, 5.74) is 6.05. The van der Waals surface area contributed by atoms with Gasteiger partial charge in [-0.2, -0.15) is 0 Å².